The molecule has 0 atom stereocenters. The van der Waals surface area contributed by atoms with Crippen molar-refractivity contribution in [2.75, 3.05) is 0 Å². The number of rotatable bonds is 0. The Bertz CT molecular complexity index is 412. The summed E-state index contributed by atoms with van der Waals surface area (Å²) in [7, 11) is 0. The fourth-order valence-corrected chi connectivity index (χ4v) is 2.94. The molecule has 0 amide bonds. The summed E-state index contributed by atoms with van der Waals surface area (Å²) in [6.45, 7) is 0. The summed E-state index contributed by atoms with van der Waals surface area (Å²) in [5.41, 5.74) is 1.62. The first-order valence-corrected chi connectivity index (χ1v) is 4.76. The normalized spacial score (nSPS) is 14.5. The van der Waals surface area contributed by atoms with E-state index in [0.29, 0.717) is 0 Å². The molecule has 2 aromatic rings. The van der Waals surface area contributed by atoms with Gasteiger partial charge in [-0.25, -0.2) is 0 Å². The number of hydrogen-bond donors (Lipinski definition) is 0. The van der Waals surface area contributed by atoms with E-state index in [0.717, 1.165) is 0 Å². The minimum absolute atomic E-state index is 1.30. The van der Waals surface area contributed by atoms with Gasteiger partial charge in [-0.3, -0.25) is 0 Å². The molecule has 1 aliphatic rings. The van der Waals surface area contributed by atoms with Gasteiger partial charge in [-0.05, 0) is 29.9 Å². The molecule has 1 aromatic heterocycles. The average Bonchev–Trinajstić information content (AvgIpc) is 2.23. The van der Waals surface area contributed by atoms with Crippen LogP contribution in [-0.2, 0) is 12.8 Å². The number of benzene rings is 1. The molecule has 0 nitrogen and oxygen atoms in total. The van der Waals surface area contributed by atoms with Gasteiger partial charge in [0.25, 0.3) is 0 Å². The molecule has 0 saturated heterocycles. The van der Waals surface area contributed by atoms with Crippen LogP contribution >= 0.6 is 11.3 Å². The Kier molecular flexibility index (Phi) is 0.977. The molecule has 0 N–H and O–H groups in total. The lowest BCUT2D eigenvalue weighted by Gasteiger charge is -2.11. The number of fused-ring (bicyclic) bond motifs is 3. The lowest BCUT2D eigenvalue weighted by atomic mass is 9.95. The molecule has 1 aromatic carbocycles. The number of hydrogen-bond acceptors (Lipinski definition) is 1. The van der Waals surface area contributed by atoms with Crippen LogP contribution in [0, 0.1) is 0 Å². The SMILES string of the molecule is c1ccc2c3c(sc2c1)CC3. The molecule has 3 rings (SSSR count). The summed E-state index contributed by atoms with van der Waals surface area (Å²) < 4.78 is 1.47. The Hall–Kier alpha value is -0.820. The van der Waals surface area contributed by atoms with Crippen LogP contribution in [0.1, 0.15) is 10.4 Å². The van der Waals surface area contributed by atoms with Crippen LogP contribution in [0.2, 0.25) is 0 Å². The second kappa shape index (κ2) is 1.86. The van der Waals surface area contributed by atoms with Gasteiger partial charge in [0, 0.05) is 9.58 Å². The monoisotopic (exact) mass is 160 g/mol. The highest BCUT2D eigenvalue weighted by Crippen LogP contribution is 2.38. The van der Waals surface area contributed by atoms with Crippen LogP contribution < -0.4 is 0 Å². The molecular formula is C10H8S. The van der Waals surface area contributed by atoms with E-state index in [1.165, 1.54) is 22.9 Å². The average molecular weight is 160 g/mol. The van der Waals surface area contributed by atoms with Crippen LogP contribution in [0.15, 0.2) is 24.3 Å². The topological polar surface area (TPSA) is 0 Å². The van der Waals surface area contributed by atoms with Crippen LogP contribution in [0.3, 0.4) is 0 Å². The molecular weight excluding hydrogens is 152 g/mol. The molecule has 0 spiro atoms. The third-order valence-corrected chi connectivity index (χ3v) is 3.66. The van der Waals surface area contributed by atoms with E-state index in [-0.39, 0.29) is 0 Å². The van der Waals surface area contributed by atoms with Gasteiger partial charge >= 0.3 is 0 Å². The summed E-state index contributed by atoms with van der Waals surface area (Å²) in [6, 6.07) is 8.72. The Balaban J connectivity index is 2.53. The second-order valence-corrected chi connectivity index (χ2v) is 4.14. The first-order valence-electron chi connectivity index (χ1n) is 3.94. The van der Waals surface area contributed by atoms with Crippen molar-refractivity contribution in [1.82, 2.24) is 0 Å². The van der Waals surface area contributed by atoms with Crippen LogP contribution in [0.25, 0.3) is 10.1 Å². The highest BCUT2D eigenvalue weighted by Gasteiger charge is 2.18. The molecule has 1 heteroatoms. The number of thiophene rings is 1. The predicted molar refractivity (Wildman–Crippen MR) is 49.2 cm³/mol. The molecule has 0 bridgehead atoms. The van der Waals surface area contributed by atoms with Gasteiger partial charge in [0.1, 0.15) is 0 Å². The van der Waals surface area contributed by atoms with Crippen molar-refractivity contribution >= 4 is 21.4 Å². The minimum Gasteiger partial charge on any atom is -0.140 e. The van der Waals surface area contributed by atoms with Crippen molar-refractivity contribution in [1.29, 1.82) is 0 Å². The molecule has 0 radical (unpaired) electrons. The maximum absolute atomic E-state index is 2.24. The van der Waals surface area contributed by atoms with E-state index < -0.39 is 0 Å². The maximum Gasteiger partial charge on any atom is 0.0348 e. The Morgan fingerprint density at radius 1 is 1.09 bits per heavy atom. The molecule has 1 aliphatic carbocycles. The van der Waals surface area contributed by atoms with Crippen molar-refractivity contribution in [3.63, 3.8) is 0 Å². The standard InChI is InChI=1S/C10H8S/c1-2-4-9-7(3-1)8-5-6-10(8)11-9/h1-4H,5-6H2. The Morgan fingerprint density at radius 2 is 2.00 bits per heavy atom. The summed E-state index contributed by atoms with van der Waals surface area (Å²) in [5, 5.41) is 1.50. The van der Waals surface area contributed by atoms with Crippen molar-refractivity contribution in [2.45, 2.75) is 12.8 Å². The largest absolute Gasteiger partial charge is 0.140 e. The lowest BCUT2D eigenvalue weighted by molar-refractivity contribution is 0.882. The van der Waals surface area contributed by atoms with Crippen LogP contribution in [-0.4, -0.2) is 0 Å². The van der Waals surface area contributed by atoms with E-state index in [1.54, 1.807) is 10.4 Å². The minimum atomic E-state index is 1.30. The summed E-state index contributed by atoms with van der Waals surface area (Å²) in [5.74, 6) is 0. The van der Waals surface area contributed by atoms with Gasteiger partial charge in [-0.15, -0.1) is 11.3 Å². The van der Waals surface area contributed by atoms with Gasteiger partial charge in [0.15, 0.2) is 0 Å². The summed E-state index contributed by atoms with van der Waals surface area (Å²) in [6.07, 6.45) is 2.62. The molecule has 0 unspecified atom stereocenters. The van der Waals surface area contributed by atoms with Gasteiger partial charge < -0.3 is 0 Å². The van der Waals surface area contributed by atoms with E-state index in [9.17, 15) is 0 Å². The quantitative estimate of drug-likeness (QED) is 0.555. The zero-order valence-corrected chi connectivity index (χ0v) is 6.95. The summed E-state index contributed by atoms with van der Waals surface area (Å²) in [4.78, 5) is 1.62. The van der Waals surface area contributed by atoms with Crippen LogP contribution in [0.5, 0.6) is 0 Å². The summed E-state index contributed by atoms with van der Waals surface area (Å²) >= 11 is 1.97. The maximum atomic E-state index is 2.24. The van der Waals surface area contributed by atoms with Crippen LogP contribution in [0.4, 0.5) is 0 Å². The van der Waals surface area contributed by atoms with Gasteiger partial charge in [0.05, 0.1) is 0 Å². The van der Waals surface area contributed by atoms with Crippen molar-refractivity contribution in [2.24, 2.45) is 0 Å². The molecule has 54 valence electrons. The van der Waals surface area contributed by atoms with Crippen molar-refractivity contribution in [3.05, 3.63) is 34.7 Å². The zero-order chi connectivity index (χ0) is 7.26. The lowest BCUT2D eigenvalue weighted by Crippen LogP contribution is -2.02. The van der Waals surface area contributed by atoms with E-state index in [1.807, 2.05) is 11.3 Å². The Labute approximate surface area is 69.5 Å². The fourth-order valence-electron chi connectivity index (χ4n) is 1.69. The van der Waals surface area contributed by atoms with Gasteiger partial charge in [-0.1, -0.05) is 18.2 Å². The zero-order valence-electron chi connectivity index (χ0n) is 6.13. The van der Waals surface area contributed by atoms with Gasteiger partial charge in [0.2, 0.25) is 0 Å². The van der Waals surface area contributed by atoms with E-state index >= 15 is 0 Å². The predicted octanol–water partition coefficient (Wildman–Crippen LogP) is 3.00. The highest BCUT2D eigenvalue weighted by molar-refractivity contribution is 7.19. The van der Waals surface area contributed by atoms with Crippen molar-refractivity contribution < 1.29 is 0 Å². The molecule has 0 fully saturated rings. The third kappa shape index (κ3) is 0.641. The first-order chi connectivity index (χ1) is 5.45. The smallest absolute Gasteiger partial charge is 0.0348 e. The molecule has 1 heterocycles. The first kappa shape index (κ1) is 5.78. The fraction of sp³-hybridized carbons (Fsp3) is 0.200. The van der Waals surface area contributed by atoms with E-state index in [2.05, 4.69) is 24.3 Å². The highest BCUT2D eigenvalue weighted by atomic mass is 32.1. The second-order valence-electron chi connectivity index (χ2n) is 3.00. The molecule has 0 aliphatic heterocycles. The van der Waals surface area contributed by atoms with Crippen molar-refractivity contribution in [3.8, 4) is 0 Å². The Morgan fingerprint density at radius 3 is 2.82 bits per heavy atom. The number of aryl methyl sites for hydroxylation is 2. The molecule has 11 heavy (non-hydrogen) atoms. The molecule has 0 saturated carbocycles. The van der Waals surface area contributed by atoms with E-state index in [4.69, 9.17) is 0 Å². The third-order valence-electron chi connectivity index (χ3n) is 2.38. The van der Waals surface area contributed by atoms with Gasteiger partial charge in [-0.2, -0.15) is 0 Å².